The third-order valence-electron chi connectivity index (χ3n) is 5.43. The molecule has 2 fully saturated rings. The van der Waals surface area contributed by atoms with E-state index in [2.05, 4.69) is 12.1 Å². The van der Waals surface area contributed by atoms with Crippen molar-refractivity contribution in [2.45, 2.75) is 71.1 Å². The van der Waals surface area contributed by atoms with Crippen molar-refractivity contribution in [3.63, 3.8) is 0 Å². The molecule has 1 atom stereocenters. The summed E-state index contributed by atoms with van der Waals surface area (Å²) < 4.78 is 11.6. The normalized spacial score (nSPS) is 22.5. The Morgan fingerprint density at radius 3 is 2.48 bits per heavy atom. The fraction of sp³-hybridized carbons (Fsp3) is 0.667. The third-order valence-corrected chi connectivity index (χ3v) is 5.43. The molecule has 3 rings (SSSR count). The first kappa shape index (κ1) is 18.2. The Kier molecular flexibility index (Phi) is 5.38. The lowest BCUT2D eigenvalue weighted by Gasteiger charge is -2.58. The molecule has 2 aliphatic rings. The van der Waals surface area contributed by atoms with Crippen molar-refractivity contribution < 1.29 is 14.3 Å². The summed E-state index contributed by atoms with van der Waals surface area (Å²) in [5.74, 6) is 0. The van der Waals surface area contributed by atoms with Crippen LogP contribution in [0.15, 0.2) is 30.3 Å². The highest BCUT2D eigenvalue weighted by atomic mass is 16.6. The maximum Gasteiger partial charge on any atom is 0.410 e. The molecule has 4 heteroatoms. The van der Waals surface area contributed by atoms with E-state index in [1.165, 1.54) is 37.7 Å². The lowest BCUT2D eigenvalue weighted by Crippen LogP contribution is -2.68. The van der Waals surface area contributed by atoms with Gasteiger partial charge in [0.1, 0.15) is 5.60 Å². The van der Waals surface area contributed by atoms with E-state index in [1.807, 2.05) is 43.9 Å². The number of hydrogen-bond acceptors (Lipinski definition) is 3. The van der Waals surface area contributed by atoms with Crippen LogP contribution in [0.25, 0.3) is 0 Å². The molecule has 138 valence electrons. The quantitative estimate of drug-likeness (QED) is 0.789. The predicted octanol–water partition coefficient (Wildman–Crippen LogP) is 4.77. The summed E-state index contributed by atoms with van der Waals surface area (Å²) in [6.07, 6.45) is 6.04. The second-order valence-corrected chi connectivity index (χ2v) is 8.55. The van der Waals surface area contributed by atoms with Crippen molar-refractivity contribution >= 4 is 6.09 Å². The van der Waals surface area contributed by atoms with Gasteiger partial charge in [-0.15, -0.1) is 0 Å². The van der Waals surface area contributed by atoms with Crippen LogP contribution in [-0.4, -0.2) is 35.8 Å². The first-order chi connectivity index (χ1) is 11.9. The maximum atomic E-state index is 12.6. The summed E-state index contributed by atoms with van der Waals surface area (Å²) in [7, 11) is 0. The standard InChI is InChI=1S/C21H31NO3/c1-20(2,3)25-19(23)22-16-21(12-8-5-9-13-21)18(22)15-24-14-17-10-6-4-7-11-17/h4,6-7,10-11,18H,5,8-9,12-16H2,1-3H3/t18-/m0/s1. The molecule has 1 saturated heterocycles. The van der Waals surface area contributed by atoms with E-state index >= 15 is 0 Å². The molecular formula is C21H31NO3. The second-order valence-electron chi connectivity index (χ2n) is 8.55. The van der Waals surface area contributed by atoms with Gasteiger partial charge in [-0.05, 0) is 39.2 Å². The summed E-state index contributed by atoms with van der Waals surface area (Å²) in [6.45, 7) is 7.76. The summed E-state index contributed by atoms with van der Waals surface area (Å²) in [4.78, 5) is 14.4. The molecule has 0 radical (unpaired) electrons. The van der Waals surface area contributed by atoms with Gasteiger partial charge in [0, 0.05) is 12.0 Å². The number of rotatable bonds is 4. The van der Waals surface area contributed by atoms with E-state index in [-0.39, 0.29) is 17.6 Å². The zero-order chi connectivity index (χ0) is 17.9. The van der Waals surface area contributed by atoms with Gasteiger partial charge in [0.2, 0.25) is 0 Å². The molecule has 1 aliphatic carbocycles. The highest BCUT2D eigenvalue weighted by molar-refractivity contribution is 5.70. The van der Waals surface area contributed by atoms with Crippen molar-refractivity contribution in [3.8, 4) is 0 Å². The van der Waals surface area contributed by atoms with Crippen LogP contribution in [0.1, 0.15) is 58.4 Å². The lowest BCUT2D eigenvalue weighted by atomic mass is 9.63. The Morgan fingerprint density at radius 1 is 1.16 bits per heavy atom. The molecule has 4 nitrogen and oxygen atoms in total. The Bertz CT molecular complexity index is 573. The number of carbonyl (C=O) groups is 1. The number of nitrogens with zero attached hydrogens (tertiary/aromatic N) is 1. The molecule has 0 bridgehead atoms. The molecule has 1 aliphatic heterocycles. The van der Waals surface area contributed by atoms with Gasteiger partial charge >= 0.3 is 6.09 Å². The third kappa shape index (κ3) is 4.35. The Morgan fingerprint density at radius 2 is 1.84 bits per heavy atom. The van der Waals surface area contributed by atoms with Crippen molar-refractivity contribution in [2.24, 2.45) is 5.41 Å². The molecule has 1 heterocycles. The molecule has 1 saturated carbocycles. The van der Waals surface area contributed by atoms with Crippen molar-refractivity contribution in [2.75, 3.05) is 13.2 Å². The smallest absolute Gasteiger partial charge is 0.410 e. The highest BCUT2D eigenvalue weighted by Gasteiger charge is 2.55. The van der Waals surface area contributed by atoms with Gasteiger partial charge in [0.25, 0.3) is 0 Å². The van der Waals surface area contributed by atoms with Crippen LogP contribution in [0.4, 0.5) is 4.79 Å². The molecule has 25 heavy (non-hydrogen) atoms. The number of amides is 1. The monoisotopic (exact) mass is 345 g/mol. The molecule has 1 aromatic carbocycles. The maximum absolute atomic E-state index is 12.6. The van der Waals surface area contributed by atoms with E-state index < -0.39 is 5.60 Å². The topological polar surface area (TPSA) is 38.8 Å². The first-order valence-electron chi connectivity index (χ1n) is 9.51. The Labute approximate surface area is 151 Å². The number of ether oxygens (including phenoxy) is 2. The average molecular weight is 345 g/mol. The van der Waals surface area contributed by atoms with E-state index in [9.17, 15) is 4.79 Å². The summed E-state index contributed by atoms with van der Waals surface area (Å²) in [5.41, 5.74) is 0.955. The van der Waals surface area contributed by atoms with Crippen LogP contribution in [0, 0.1) is 5.41 Å². The van der Waals surface area contributed by atoms with E-state index in [0.29, 0.717) is 13.2 Å². The van der Waals surface area contributed by atoms with Crippen LogP contribution < -0.4 is 0 Å². The van der Waals surface area contributed by atoms with Crippen LogP contribution in [-0.2, 0) is 16.1 Å². The average Bonchev–Trinajstić information content (AvgIpc) is 2.57. The van der Waals surface area contributed by atoms with Crippen LogP contribution in [0.2, 0.25) is 0 Å². The number of carbonyl (C=O) groups excluding carboxylic acids is 1. The molecular weight excluding hydrogens is 314 g/mol. The number of likely N-dealkylation sites (tertiary alicyclic amines) is 1. The lowest BCUT2D eigenvalue weighted by molar-refractivity contribution is -0.125. The van der Waals surface area contributed by atoms with Crippen LogP contribution in [0.5, 0.6) is 0 Å². The summed E-state index contributed by atoms with van der Waals surface area (Å²) in [6, 6.07) is 10.4. The highest BCUT2D eigenvalue weighted by Crippen LogP contribution is 2.49. The number of benzene rings is 1. The first-order valence-corrected chi connectivity index (χ1v) is 9.51. The van der Waals surface area contributed by atoms with Gasteiger partial charge in [0.05, 0.1) is 19.3 Å². The second kappa shape index (κ2) is 7.36. The largest absolute Gasteiger partial charge is 0.444 e. The minimum atomic E-state index is -0.457. The summed E-state index contributed by atoms with van der Waals surface area (Å²) >= 11 is 0. The minimum absolute atomic E-state index is 0.145. The van der Waals surface area contributed by atoms with Crippen LogP contribution >= 0.6 is 0 Å². The van der Waals surface area contributed by atoms with Gasteiger partial charge in [-0.1, -0.05) is 49.6 Å². The van der Waals surface area contributed by atoms with Crippen molar-refractivity contribution in [1.29, 1.82) is 0 Å². The summed E-state index contributed by atoms with van der Waals surface area (Å²) in [5, 5.41) is 0. The SMILES string of the molecule is CC(C)(C)OC(=O)N1CC2(CCCCC2)[C@@H]1COCc1ccccc1. The molecule has 0 aromatic heterocycles. The molecule has 1 amide bonds. The van der Waals surface area contributed by atoms with Gasteiger partial charge in [0.15, 0.2) is 0 Å². The minimum Gasteiger partial charge on any atom is -0.444 e. The van der Waals surface area contributed by atoms with Crippen molar-refractivity contribution in [1.82, 2.24) is 4.90 Å². The Hall–Kier alpha value is -1.55. The van der Waals surface area contributed by atoms with Crippen LogP contribution in [0.3, 0.4) is 0 Å². The molecule has 0 N–H and O–H groups in total. The zero-order valence-electron chi connectivity index (χ0n) is 15.8. The van der Waals surface area contributed by atoms with Crippen molar-refractivity contribution in [3.05, 3.63) is 35.9 Å². The van der Waals surface area contributed by atoms with Gasteiger partial charge in [-0.2, -0.15) is 0 Å². The zero-order valence-corrected chi connectivity index (χ0v) is 15.8. The van der Waals surface area contributed by atoms with E-state index in [0.717, 1.165) is 6.54 Å². The van der Waals surface area contributed by atoms with Gasteiger partial charge < -0.3 is 14.4 Å². The predicted molar refractivity (Wildman–Crippen MR) is 98.3 cm³/mol. The molecule has 1 spiro atoms. The fourth-order valence-electron chi connectivity index (χ4n) is 4.16. The molecule has 0 unspecified atom stereocenters. The van der Waals surface area contributed by atoms with Gasteiger partial charge in [-0.25, -0.2) is 4.79 Å². The van der Waals surface area contributed by atoms with E-state index in [4.69, 9.17) is 9.47 Å². The van der Waals surface area contributed by atoms with Gasteiger partial charge in [-0.3, -0.25) is 0 Å². The number of hydrogen-bond donors (Lipinski definition) is 0. The van der Waals surface area contributed by atoms with E-state index in [1.54, 1.807) is 0 Å². The fourth-order valence-corrected chi connectivity index (χ4v) is 4.16. The molecule has 1 aromatic rings. The Balaban J connectivity index is 1.62.